The quantitative estimate of drug-likeness (QED) is 0.444. The molecule has 38 valence electrons. The van der Waals surface area contributed by atoms with E-state index in [1.165, 1.54) is 0 Å². The Balaban J connectivity index is 2.68. The molecule has 0 atom stereocenters. The lowest BCUT2D eigenvalue weighted by Gasteiger charge is -1.83. The van der Waals surface area contributed by atoms with E-state index in [1.807, 2.05) is 6.08 Å². The molecule has 0 aromatic rings. The van der Waals surface area contributed by atoms with Gasteiger partial charge in [-0.2, -0.15) is 0 Å². The van der Waals surface area contributed by atoms with E-state index >= 15 is 0 Å². The molecule has 0 bridgehead atoms. The molecule has 2 nitrogen and oxygen atoms in total. The lowest BCUT2D eigenvalue weighted by molar-refractivity contribution is 0.700. The van der Waals surface area contributed by atoms with Crippen LogP contribution in [0.2, 0.25) is 0 Å². The summed E-state index contributed by atoms with van der Waals surface area (Å²) in [7, 11) is 0. The maximum atomic E-state index is 9.91. The fraction of sp³-hybridized carbons (Fsp3) is 0.250. The average molecular weight is 115 g/mol. The molecule has 0 aromatic heterocycles. The molecule has 0 saturated carbocycles. The third-order valence-corrected chi connectivity index (χ3v) is 1.25. The van der Waals surface area contributed by atoms with Crippen molar-refractivity contribution in [3.05, 3.63) is 12.3 Å². The maximum Gasteiger partial charge on any atom is 0.113 e. The van der Waals surface area contributed by atoms with Gasteiger partial charge in [0.2, 0.25) is 0 Å². The molecule has 1 aliphatic rings. The van der Waals surface area contributed by atoms with Crippen LogP contribution >= 0.6 is 0 Å². The van der Waals surface area contributed by atoms with Gasteiger partial charge in [0.15, 0.2) is 0 Å². The molecular formula is C4H5NOS. The van der Waals surface area contributed by atoms with E-state index in [0.717, 1.165) is 11.4 Å². The molecule has 0 aromatic carbocycles. The van der Waals surface area contributed by atoms with Gasteiger partial charge in [-0.15, -0.1) is 0 Å². The molecule has 0 fully saturated rings. The molecule has 1 heterocycles. The highest BCUT2D eigenvalue weighted by molar-refractivity contribution is 7.66. The van der Waals surface area contributed by atoms with Gasteiger partial charge in [0.05, 0.1) is 0 Å². The van der Waals surface area contributed by atoms with Crippen molar-refractivity contribution in [1.29, 1.82) is 0 Å². The van der Waals surface area contributed by atoms with Crippen LogP contribution in [0.5, 0.6) is 0 Å². The molecule has 0 saturated heterocycles. The van der Waals surface area contributed by atoms with E-state index in [-0.39, 0.29) is 0 Å². The highest BCUT2D eigenvalue weighted by atomic mass is 32.1. The second-order valence-corrected chi connectivity index (χ2v) is 1.92. The smallest absolute Gasteiger partial charge is 0.113 e. The minimum absolute atomic E-state index is 0.525. The molecule has 0 aliphatic carbocycles. The van der Waals surface area contributed by atoms with Gasteiger partial charge < -0.3 is 5.32 Å². The van der Waals surface area contributed by atoms with Crippen molar-refractivity contribution in [3.8, 4) is 0 Å². The fourth-order valence-corrected chi connectivity index (χ4v) is 0.715. The third-order valence-electron chi connectivity index (χ3n) is 0.766. The normalized spacial score (nSPS) is 16.9. The van der Waals surface area contributed by atoms with Crippen molar-refractivity contribution in [2.24, 2.45) is 0 Å². The lowest BCUT2D eigenvalue weighted by Crippen LogP contribution is -2.09. The van der Waals surface area contributed by atoms with Crippen LogP contribution in [-0.2, 0) is 11.3 Å². The first kappa shape index (κ1) is 4.59. The molecule has 0 radical (unpaired) electrons. The number of hydrogen-bond acceptors (Lipinski definition) is 1. The van der Waals surface area contributed by atoms with Crippen molar-refractivity contribution in [2.45, 2.75) is 6.42 Å². The maximum absolute atomic E-state index is 9.91. The van der Waals surface area contributed by atoms with Crippen molar-refractivity contribution in [2.75, 3.05) is 0 Å². The average Bonchev–Trinajstić information content (AvgIpc) is 2.14. The van der Waals surface area contributed by atoms with E-state index in [0.29, 0.717) is 11.3 Å². The zero-order valence-electron chi connectivity index (χ0n) is 3.68. The van der Waals surface area contributed by atoms with Gasteiger partial charge in [0.1, 0.15) is 16.2 Å². The second kappa shape index (κ2) is 1.93. The second-order valence-electron chi connectivity index (χ2n) is 1.26. The van der Waals surface area contributed by atoms with Crippen molar-refractivity contribution in [1.82, 2.24) is 5.32 Å². The van der Waals surface area contributed by atoms with Gasteiger partial charge in [-0.3, -0.25) is 0 Å². The summed E-state index contributed by atoms with van der Waals surface area (Å²) in [6.07, 6.45) is 4.48. The standard InChI is InChI=1S/C4H5NOS/c6-7-4-2-1-3-5-4/h1,3,5H,2H2. The zero-order valence-corrected chi connectivity index (χ0v) is 4.49. The molecule has 1 aliphatic heterocycles. The number of nitrogens with one attached hydrogen (secondary N) is 1. The summed E-state index contributed by atoms with van der Waals surface area (Å²) in [5, 5.41) is 2.79. The van der Waals surface area contributed by atoms with Crippen LogP contribution in [0.25, 0.3) is 0 Å². The monoisotopic (exact) mass is 115 g/mol. The van der Waals surface area contributed by atoms with Crippen molar-refractivity contribution in [3.63, 3.8) is 0 Å². The van der Waals surface area contributed by atoms with E-state index in [9.17, 15) is 4.21 Å². The largest absolute Gasteiger partial charge is 0.354 e. The Labute approximate surface area is 45.3 Å². The van der Waals surface area contributed by atoms with Crippen LogP contribution < -0.4 is 5.32 Å². The lowest BCUT2D eigenvalue weighted by atomic mass is 10.5. The first-order valence-electron chi connectivity index (χ1n) is 2.00. The van der Waals surface area contributed by atoms with E-state index < -0.39 is 0 Å². The van der Waals surface area contributed by atoms with Crippen LogP contribution in [-0.4, -0.2) is 9.20 Å². The van der Waals surface area contributed by atoms with Crippen LogP contribution in [0.3, 0.4) is 0 Å². The Kier molecular flexibility index (Phi) is 1.26. The molecule has 1 rings (SSSR count). The van der Waals surface area contributed by atoms with E-state index in [2.05, 4.69) is 5.32 Å². The summed E-state index contributed by atoms with van der Waals surface area (Å²) in [4.78, 5) is 0.792. The number of hydrogen-bond donors (Lipinski definition) is 1. The predicted octanol–water partition coefficient (Wildman–Crippen LogP) is -0.164. The minimum atomic E-state index is 0.525. The molecule has 3 heteroatoms. The summed E-state index contributed by atoms with van der Waals surface area (Å²) < 4.78 is 9.91. The van der Waals surface area contributed by atoms with Crippen molar-refractivity contribution >= 4 is 16.2 Å². The Morgan fingerprint density at radius 2 is 2.71 bits per heavy atom. The number of rotatable bonds is 0. The van der Waals surface area contributed by atoms with E-state index in [1.54, 1.807) is 6.20 Å². The first-order chi connectivity index (χ1) is 3.43. The molecule has 0 unspecified atom stereocenters. The highest BCUT2D eigenvalue weighted by Crippen LogP contribution is 1.88. The van der Waals surface area contributed by atoms with E-state index in [4.69, 9.17) is 0 Å². The fourth-order valence-electron chi connectivity index (χ4n) is 0.435. The molecule has 0 spiro atoms. The highest BCUT2D eigenvalue weighted by Gasteiger charge is 1.95. The van der Waals surface area contributed by atoms with Crippen LogP contribution in [0, 0.1) is 0 Å². The van der Waals surface area contributed by atoms with Gasteiger partial charge in [-0.1, -0.05) is 6.08 Å². The Morgan fingerprint density at radius 1 is 1.86 bits per heavy atom. The van der Waals surface area contributed by atoms with Gasteiger partial charge >= 0.3 is 0 Å². The minimum Gasteiger partial charge on any atom is -0.354 e. The topological polar surface area (TPSA) is 29.1 Å². The third kappa shape index (κ3) is 0.899. The predicted molar refractivity (Wildman–Crippen MR) is 30.0 cm³/mol. The Hall–Kier alpha value is -0.570. The van der Waals surface area contributed by atoms with Crippen LogP contribution in [0.15, 0.2) is 12.3 Å². The van der Waals surface area contributed by atoms with Gasteiger partial charge in [-0.25, -0.2) is 4.21 Å². The zero-order chi connectivity index (χ0) is 5.11. The summed E-state index contributed by atoms with van der Waals surface area (Å²) in [6.45, 7) is 0. The van der Waals surface area contributed by atoms with Crippen LogP contribution in [0.4, 0.5) is 0 Å². The molecule has 1 N–H and O–H groups in total. The Morgan fingerprint density at radius 3 is 3.00 bits per heavy atom. The molecule has 7 heavy (non-hydrogen) atoms. The van der Waals surface area contributed by atoms with Crippen LogP contribution in [0.1, 0.15) is 6.42 Å². The SMILES string of the molecule is O=S=C1CC=CN1. The molecular weight excluding hydrogens is 110 g/mol. The van der Waals surface area contributed by atoms with Gasteiger partial charge in [0, 0.05) is 6.42 Å². The summed E-state index contributed by atoms with van der Waals surface area (Å²) in [6, 6.07) is 0. The first-order valence-corrected chi connectivity index (χ1v) is 2.75. The Bertz CT molecular complexity index is 136. The van der Waals surface area contributed by atoms with Gasteiger partial charge in [0.25, 0.3) is 0 Å². The summed E-state index contributed by atoms with van der Waals surface area (Å²) in [5.74, 6) is 0. The van der Waals surface area contributed by atoms with Gasteiger partial charge in [-0.05, 0) is 6.20 Å². The molecule has 0 amide bonds. The summed E-state index contributed by atoms with van der Waals surface area (Å²) >= 11 is 0.525. The summed E-state index contributed by atoms with van der Waals surface area (Å²) in [5.41, 5.74) is 0. The van der Waals surface area contributed by atoms with Crippen molar-refractivity contribution < 1.29 is 4.21 Å².